The van der Waals surface area contributed by atoms with Crippen molar-refractivity contribution >= 4 is 23.1 Å². The Morgan fingerprint density at radius 1 is 0.929 bits per heavy atom. The Bertz CT molecular complexity index is 1320. The van der Waals surface area contributed by atoms with Gasteiger partial charge in [0.1, 0.15) is 11.8 Å². The standard InChI is InChI=1S/C22H15N3O2S/c26-21-18(14-17-12-7-13-27-17)28-22-24-23-19(15-8-3-1-4-9-15)20(25(21)22)16-10-5-2-6-11-16/h1-14,20H/b18-14+/t20-/m0/s1. The number of hydrogen-bond acceptors (Lipinski definition) is 5. The molecule has 3 heterocycles. The second-order valence-corrected chi connectivity index (χ2v) is 7.36. The normalized spacial score (nSPS) is 16.4. The van der Waals surface area contributed by atoms with Gasteiger partial charge in [0.05, 0.1) is 16.5 Å². The Morgan fingerprint density at radius 2 is 1.68 bits per heavy atom. The van der Waals surface area contributed by atoms with Crippen LogP contribution < -0.4 is 14.9 Å². The third-order valence-electron chi connectivity index (χ3n) is 4.60. The molecule has 0 aliphatic carbocycles. The number of hydrogen-bond donors (Lipinski definition) is 0. The lowest BCUT2D eigenvalue weighted by Crippen LogP contribution is -2.40. The highest BCUT2D eigenvalue weighted by Crippen LogP contribution is 2.23. The molecule has 5 rings (SSSR count). The van der Waals surface area contributed by atoms with Crippen LogP contribution in [0.3, 0.4) is 0 Å². The molecular weight excluding hydrogens is 370 g/mol. The largest absolute Gasteiger partial charge is 0.465 e. The molecule has 0 saturated carbocycles. The molecule has 6 heteroatoms. The number of fused-ring (bicyclic) bond motifs is 1. The summed E-state index contributed by atoms with van der Waals surface area (Å²) in [4.78, 5) is 13.9. The third kappa shape index (κ3) is 2.84. The van der Waals surface area contributed by atoms with Crippen molar-refractivity contribution in [1.29, 1.82) is 0 Å². The molecule has 1 atom stereocenters. The average molecular weight is 385 g/mol. The lowest BCUT2D eigenvalue weighted by molar-refractivity contribution is 0.556. The Hall–Kier alpha value is -3.51. The van der Waals surface area contributed by atoms with Crippen LogP contribution in [0, 0.1) is 0 Å². The molecule has 4 aromatic rings. The smallest absolute Gasteiger partial charge is 0.271 e. The molecule has 0 unspecified atom stereocenters. The van der Waals surface area contributed by atoms with Gasteiger partial charge in [-0.25, -0.2) is 0 Å². The third-order valence-corrected chi connectivity index (χ3v) is 5.57. The molecule has 0 bridgehead atoms. The van der Waals surface area contributed by atoms with E-state index >= 15 is 0 Å². The van der Waals surface area contributed by atoms with Crippen molar-refractivity contribution in [2.75, 3.05) is 0 Å². The maximum Gasteiger partial charge on any atom is 0.271 e. The summed E-state index contributed by atoms with van der Waals surface area (Å²) >= 11 is 1.32. The van der Waals surface area contributed by atoms with E-state index in [1.54, 1.807) is 23.0 Å². The van der Waals surface area contributed by atoms with Crippen molar-refractivity contribution in [3.8, 4) is 0 Å². The van der Waals surface area contributed by atoms with Crippen molar-refractivity contribution in [2.24, 2.45) is 10.2 Å². The number of benzene rings is 2. The van der Waals surface area contributed by atoms with Gasteiger partial charge in [-0.2, -0.15) is 0 Å². The Morgan fingerprint density at radius 3 is 2.39 bits per heavy atom. The maximum atomic E-state index is 13.3. The minimum absolute atomic E-state index is 0.0997. The predicted molar refractivity (Wildman–Crippen MR) is 109 cm³/mol. The number of nitrogens with zero attached hydrogens (tertiary/aromatic N) is 3. The quantitative estimate of drug-likeness (QED) is 0.544. The summed E-state index contributed by atoms with van der Waals surface area (Å²) < 4.78 is 7.67. The van der Waals surface area contributed by atoms with Gasteiger partial charge in [-0.1, -0.05) is 72.0 Å². The van der Waals surface area contributed by atoms with Gasteiger partial charge in [0.15, 0.2) is 0 Å². The summed E-state index contributed by atoms with van der Waals surface area (Å²) in [6.07, 6.45) is 3.34. The first kappa shape index (κ1) is 16.6. The van der Waals surface area contributed by atoms with E-state index in [2.05, 4.69) is 10.2 Å². The van der Waals surface area contributed by atoms with Crippen molar-refractivity contribution in [2.45, 2.75) is 6.04 Å². The number of rotatable bonds is 3. The van der Waals surface area contributed by atoms with Crippen LogP contribution in [-0.4, -0.2) is 10.3 Å². The molecule has 0 spiro atoms. The zero-order chi connectivity index (χ0) is 18.9. The SMILES string of the molecule is O=c1/c(=C\c2ccco2)sc2n1[C@@H](c1ccccc1)C(c1ccccc1)=NN=2. The highest BCUT2D eigenvalue weighted by molar-refractivity contribution is 7.07. The molecular formula is C22H15N3O2S. The minimum Gasteiger partial charge on any atom is -0.465 e. The van der Waals surface area contributed by atoms with E-state index in [0.717, 1.165) is 16.8 Å². The molecule has 28 heavy (non-hydrogen) atoms. The van der Waals surface area contributed by atoms with Gasteiger partial charge < -0.3 is 4.42 Å². The van der Waals surface area contributed by atoms with Crippen molar-refractivity contribution in [3.05, 3.63) is 116 Å². The summed E-state index contributed by atoms with van der Waals surface area (Å²) in [6.45, 7) is 0. The maximum absolute atomic E-state index is 13.3. The second kappa shape index (κ2) is 6.90. The number of furan rings is 1. The highest BCUT2D eigenvalue weighted by Gasteiger charge is 2.28. The molecule has 2 aromatic carbocycles. The average Bonchev–Trinajstić information content (AvgIpc) is 3.37. The van der Waals surface area contributed by atoms with Gasteiger partial charge in [0.2, 0.25) is 4.80 Å². The molecule has 0 N–H and O–H groups in total. The van der Waals surface area contributed by atoms with Gasteiger partial charge in [-0.05, 0) is 17.7 Å². The van der Waals surface area contributed by atoms with Crippen molar-refractivity contribution < 1.29 is 4.42 Å². The van der Waals surface area contributed by atoms with Crippen molar-refractivity contribution in [3.63, 3.8) is 0 Å². The van der Waals surface area contributed by atoms with E-state index < -0.39 is 0 Å². The van der Waals surface area contributed by atoms with Crippen LogP contribution in [0.25, 0.3) is 6.08 Å². The van der Waals surface area contributed by atoms with Crippen LogP contribution in [-0.2, 0) is 0 Å². The van der Waals surface area contributed by atoms with Gasteiger partial charge in [-0.3, -0.25) is 9.36 Å². The summed E-state index contributed by atoms with van der Waals surface area (Å²) in [6, 6.07) is 23.1. The number of thiazole rings is 1. The van der Waals surface area contributed by atoms with Crippen molar-refractivity contribution in [1.82, 2.24) is 4.57 Å². The van der Waals surface area contributed by atoms with Crippen LogP contribution in [0.1, 0.15) is 22.9 Å². The van der Waals surface area contributed by atoms with Gasteiger partial charge in [0.25, 0.3) is 5.56 Å². The fourth-order valence-electron chi connectivity index (χ4n) is 3.33. The first-order chi connectivity index (χ1) is 13.8. The fourth-order valence-corrected chi connectivity index (χ4v) is 4.25. The van der Waals surface area contributed by atoms with E-state index in [9.17, 15) is 4.79 Å². The summed E-state index contributed by atoms with van der Waals surface area (Å²) in [5.74, 6) is 0.636. The van der Waals surface area contributed by atoms with Crippen LogP contribution in [0.4, 0.5) is 0 Å². The van der Waals surface area contributed by atoms with Crippen LogP contribution in [0.5, 0.6) is 0 Å². The van der Waals surface area contributed by atoms with Gasteiger partial charge >= 0.3 is 0 Å². The molecule has 1 aliphatic rings. The van der Waals surface area contributed by atoms with E-state index in [0.29, 0.717) is 15.1 Å². The Balaban J connectivity index is 1.75. The monoisotopic (exact) mass is 385 g/mol. The summed E-state index contributed by atoms with van der Waals surface area (Å²) in [7, 11) is 0. The Labute approximate surface area is 164 Å². The first-order valence-electron chi connectivity index (χ1n) is 8.84. The molecule has 0 saturated heterocycles. The molecule has 0 radical (unpaired) electrons. The molecule has 5 nitrogen and oxygen atoms in total. The topological polar surface area (TPSA) is 59.9 Å². The van der Waals surface area contributed by atoms with E-state index in [1.807, 2.05) is 66.7 Å². The first-order valence-corrected chi connectivity index (χ1v) is 9.65. The minimum atomic E-state index is -0.335. The predicted octanol–water partition coefficient (Wildman–Crippen LogP) is 2.96. The van der Waals surface area contributed by atoms with Crippen LogP contribution in [0.2, 0.25) is 0 Å². The zero-order valence-corrected chi connectivity index (χ0v) is 15.5. The molecule has 0 amide bonds. The Kier molecular flexibility index (Phi) is 4.10. The van der Waals surface area contributed by atoms with E-state index in [-0.39, 0.29) is 11.6 Å². The van der Waals surface area contributed by atoms with Crippen LogP contribution in [0.15, 0.2) is 98.5 Å². The van der Waals surface area contributed by atoms with Gasteiger partial charge in [-0.15, -0.1) is 10.2 Å². The fraction of sp³-hybridized carbons (Fsp3) is 0.0455. The molecule has 1 aliphatic heterocycles. The highest BCUT2D eigenvalue weighted by atomic mass is 32.1. The number of aromatic nitrogens is 1. The molecule has 0 fully saturated rings. The summed E-state index contributed by atoms with van der Waals surface area (Å²) in [5.41, 5.74) is 2.59. The zero-order valence-electron chi connectivity index (χ0n) is 14.7. The second-order valence-electron chi connectivity index (χ2n) is 6.35. The molecule has 2 aromatic heterocycles. The lowest BCUT2D eigenvalue weighted by atomic mass is 9.96. The van der Waals surface area contributed by atoms with Gasteiger partial charge in [0, 0.05) is 11.6 Å². The van der Waals surface area contributed by atoms with Crippen LogP contribution >= 0.6 is 11.3 Å². The van der Waals surface area contributed by atoms with E-state index in [4.69, 9.17) is 4.42 Å². The lowest BCUT2D eigenvalue weighted by Gasteiger charge is -2.22. The summed E-state index contributed by atoms with van der Waals surface area (Å²) in [5, 5.41) is 8.86. The van der Waals surface area contributed by atoms with E-state index in [1.165, 1.54) is 11.3 Å². The molecule has 136 valence electrons.